The lowest BCUT2D eigenvalue weighted by atomic mass is 9.92. The number of rotatable bonds is 5. The molecule has 1 heterocycles. The van der Waals surface area contributed by atoms with Crippen molar-refractivity contribution in [1.29, 1.82) is 0 Å². The van der Waals surface area contributed by atoms with Gasteiger partial charge in [0.1, 0.15) is 5.56 Å². The molecular formula is C20H25ClN2O2. The number of nitrogens with zero attached hydrogens (tertiary/aromatic N) is 2. The number of carbonyl (C=O) groups excluding carboxylic acids is 1. The van der Waals surface area contributed by atoms with Gasteiger partial charge in [0, 0.05) is 17.6 Å². The predicted octanol–water partition coefficient (Wildman–Crippen LogP) is 5.21. The molecule has 0 N–H and O–H groups in total. The molecule has 1 aromatic heterocycles. The molecule has 0 saturated heterocycles. The maximum Gasteiger partial charge on any atom is 0.223 e. The van der Waals surface area contributed by atoms with Crippen LogP contribution in [0, 0.1) is 6.92 Å². The molecule has 1 aromatic carbocycles. The summed E-state index contributed by atoms with van der Waals surface area (Å²) in [6.45, 7) is 11.9. The van der Waals surface area contributed by atoms with Crippen molar-refractivity contribution in [2.24, 2.45) is 7.05 Å². The molecule has 0 radical (unpaired) electrons. The van der Waals surface area contributed by atoms with Gasteiger partial charge in [0.2, 0.25) is 5.88 Å². The summed E-state index contributed by atoms with van der Waals surface area (Å²) in [5, 5.41) is 4.84. The zero-order chi connectivity index (χ0) is 18.9. The molecule has 0 unspecified atom stereocenters. The number of halogens is 1. The number of ketones is 1. The fourth-order valence-electron chi connectivity index (χ4n) is 2.73. The normalized spacial score (nSPS) is 10.9. The lowest BCUT2D eigenvalue weighted by Crippen LogP contribution is -2.13. The molecule has 0 aliphatic carbocycles. The minimum absolute atomic E-state index is 0.0447. The quantitative estimate of drug-likeness (QED) is 0.687. The molecule has 0 aliphatic rings. The number of hydrogen-bond acceptors (Lipinski definition) is 3. The highest BCUT2D eigenvalue weighted by Crippen LogP contribution is 2.33. The van der Waals surface area contributed by atoms with Gasteiger partial charge in [-0.2, -0.15) is 5.10 Å². The number of aryl methyl sites for hydroxylation is 1. The average molecular weight is 361 g/mol. The van der Waals surface area contributed by atoms with Crippen molar-refractivity contribution in [3.05, 3.63) is 51.2 Å². The maximum absolute atomic E-state index is 13.1. The summed E-state index contributed by atoms with van der Waals surface area (Å²) < 4.78 is 7.37. The summed E-state index contributed by atoms with van der Waals surface area (Å²) >= 11 is 6.41. The van der Waals surface area contributed by atoms with Crippen LogP contribution in [0.1, 0.15) is 61.7 Å². The van der Waals surface area contributed by atoms with E-state index in [1.807, 2.05) is 41.5 Å². The average Bonchev–Trinajstić information content (AvgIpc) is 2.87. The summed E-state index contributed by atoms with van der Waals surface area (Å²) in [4.78, 5) is 13.1. The van der Waals surface area contributed by atoms with E-state index >= 15 is 0 Å². The van der Waals surface area contributed by atoms with Gasteiger partial charge in [0.25, 0.3) is 0 Å². The van der Waals surface area contributed by atoms with E-state index in [0.29, 0.717) is 22.0 Å². The second-order valence-corrected chi connectivity index (χ2v) is 7.11. The molecule has 0 saturated carbocycles. The largest absolute Gasteiger partial charge is 0.475 e. The Morgan fingerprint density at radius 3 is 2.40 bits per heavy atom. The second kappa shape index (κ2) is 7.44. The van der Waals surface area contributed by atoms with Crippen LogP contribution in [0.3, 0.4) is 0 Å². The Balaban J connectivity index is 2.59. The highest BCUT2D eigenvalue weighted by molar-refractivity contribution is 6.32. The van der Waals surface area contributed by atoms with E-state index in [1.165, 1.54) is 5.57 Å². The maximum atomic E-state index is 13.1. The number of benzene rings is 1. The number of carbonyl (C=O) groups is 1. The Morgan fingerprint density at radius 2 is 1.84 bits per heavy atom. The third kappa shape index (κ3) is 3.79. The number of aromatic nitrogens is 2. The van der Waals surface area contributed by atoms with E-state index < -0.39 is 0 Å². The van der Waals surface area contributed by atoms with E-state index in [-0.39, 0.29) is 11.9 Å². The van der Waals surface area contributed by atoms with Crippen molar-refractivity contribution in [3.8, 4) is 5.88 Å². The summed E-state index contributed by atoms with van der Waals surface area (Å²) in [7, 11) is 1.77. The lowest BCUT2D eigenvalue weighted by molar-refractivity contribution is 0.103. The molecule has 0 atom stereocenters. The predicted molar refractivity (Wildman–Crippen MR) is 103 cm³/mol. The first kappa shape index (κ1) is 19.3. The van der Waals surface area contributed by atoms with E-state index in [9.17, 15) is 4.79 Å². The van der Waals surface area contributed by atoms with Gasteiger partial charge in [0.05, 0.1) is 12.3 Å². The summed E-state index contributed by atoms with van der Waals surface area (Å²) in [5.41, 5.74) is 5.11. The van der Waals surface area contributed by atoms with Crippen LogP contribution in [0.4, 0.5) is 0 Å². The van der Waals surface area contributed by atoms with Gasteiger partial charge in [-0.25, -0.2) is 4.68 Å². The number of allylic oxidation sites excluding steroid dienone is 2. The molecule has 0 fully saturated rings. The van der Waals surface area contributed by atoms with Crippen molar-refractivity contribution >= 4 is 23.0 Å². The molecule has 0 bridgehead atoms. The van der Waals surface area contributed by atoms with Crippen molar-refractivity contribution < 1.29 is 9.53 Å². The molecule has 5 heteroatoms. The van der Waals surface area contributed by atoms with E-state index in [4.69, 9.17) is 16.3 Å². The molecule has 2 aromatic rings. The number of ether oxygens (including phenoxy) is 1. The van der Waals surface area contributed by atoms with Gasteiger partial charge in [-0.15, -0.1) is 0 Å². The van der Waals surface area contributed by atoms with E-state index in [2.05, 4.69) is 5.10 Å². The van der Waals surface area contributed by atoms with Gasteiger partial charge in [0.15, 0.2) is 5.78 Å². The van der Waals surface area contributed by atoms with Gasteiger partial charge in [-0.3, -0.25) is 4.79 Å². The van der Waals surface area contributed by atoms with Crippen LogP contribution in [0.25, 0.3) is 5.57 Å². The Morgan fingerprint density at radius 1 is 1.20 bits per heavy atom. The zero-order valence-electron chi connectivity index (χ0n) is 15.9. The first-order chi connectivity index (χ1) is 11.6. The SMILES string of the molecule is CC(C)=C(C)c1c(Cl)ccc(C(=O)c2cnn(C)c2OC(C)C)c1C. The van der Waals surface area contributed by atoms with Crippen LogP contribution >= 0.6 is 11.6 Å². The monoisotopic (exact) mass is 360 g/mol. The van der Waals surface area contributed by atoms with Crippen molar-refractivity contribution in [2.45, 2.75) is 47.6 Å². The lowest BCUT2D eigenvalue weighted by Gasteiger charge is -2.15. The van der Waals surface area contributed by atoms with Crippen molar-refractivity contribution in [1.82, 2.24) is 9.78 Å². The Kier molecular flexibility index (Phi) is 5.73. The van der Waals surface area contributed by atoms with Crippen molar-refractivity contribution in [3.63, 3.8) is 0 Å². The molecule has 4 nitrogen and oxygen atoms in total. The molecule has 0 spiro atoms. The third-order valence-corrected chi connectivity index (χ3v) is 4.58. The van der Waals surface area contributed by atoms with Crippen LogP contribution in [-0.4, -0.2) is 21.7 Å². The van der Waals surface area contributed by atoms with Crippen LogP contribution in [0.15, 0.2) is 23.9 Å². The van der Waals surface area contributed by atoms with Gasteiger partial charge in [-0.1, -0.05) is 17.2 Å². The zero-order valence-corrected chi connectivity index (χ0v) is 16.7. The smallest absolute Gasteiger partial charge is 0.223 e. The van der Waals surface area contributed by atoms with Crippen LogP contribution in [0.2, 0.25) is 5.02 Å². The van der Waals surface area contributed by atoms with Crippen LogP contribution < -0.4 is 4.74 Å². The minimum atomic E-state index is -0.110. The fourth-order valence-corrected chi connectivity index (χ4v) is 3.07. The first-order valence-electron chi connectivity index (χ1n) is 8.32. The summed E-state index contributed by atoms with van der Waals surface area (Å²) in [6, 6.07) is 3.55. The third-order valence-electron chi connectivity index (χ3n) is 4.26. The molecule has 2 rings (SSSR count). The molecule has 0 aliphatic heterocycles. The summed E-state index contributed by atoms with van der Waals surface area (Å²) in [6.07, 6.45) is 1.51. The molecule has 0 amide bonds. The Labute approximate surface area is 154 Å². The highest BCUT2D eigenvalue weighted by Gasteiger charge is 2.23. The van der Waals surface area contributed by atoms with Crippen molar-refractivity contribution in [2.75, 3.05) is 0 Å². The number of hydrogen-bond donors (Lipinski definition) is 0. The van der Waals surface area contributed by atoms with E-state index in [0.717, 1.165) is 16.7 Å². The van der Waals surface area contributed by atoms with Gasteiger partial charge in [-0.05, 0) is 70.4 Å². The first-order valence-corrected chi connectivity index (χ1v) is 8.69. The van der Waals surface area contributed by atoms with Crippen LogP contribution in [0.5, 0.6) is 5.88 Å². The molecular weight excluding hydrogens is 336 g/mol. The topological polar surface area (TPSA) is 44.1 Å². The molecule has 25 heavy (non-hydrogen) atoms. The minimum Gasteiger partial charge on any atom is -0.475 e. The van der Waals surface area contributed by atoms with Gasteiger partial charge < -0.3 is 4.74 Å². The standard InChI is InChI=1S/C20H25ClN2O2/c1-11(2)13(5)18-14(6)15(8-9-17(18)21)19(24)16-10-22-23(7)20(16)25-12(3)4/h8-10,12H,1-7H3. The summed E-state index contributed by atoms with van der Waals surface area (Å²) in [5.74, 6) is 0.371. The second-order valence-electron chi connectivity index (χ2n) is 6.70. The molecule has 134 valence electrons. The Bertz CT molecular complexity index is 844. The van der Waals surface area contributed by atoms with Crippen LogP contribution in [-0.2, 0) is 7.05 Å². The fraction of sp³-hybridized carbons (Fsp3) is 0.400. The Hall–Kier alpha value is -2.07. The highest BCUT2D eigenvalue weighted by atomic mass is 35.5. The van der Waals surface area contributed by atoms with Gasteiger partial charge >= 0.3 is 0 Å². The van der Waals surface area contributed by atoms with E-state index in [1.54, 1.807) is 30.1 Å².